The van der Waals surface area contributed by atoms with Crippen molar-refractivity contribution in [1.29, 1.82) is 0 Å². The lowest BCUT2D eigenvalue weighted by Gasteiger charge is -2.09. The van der Waals surface area contributed by atoms with Crippen LogP contribution in [0.25, 0.3) is 0 Å². The third-order valence-electron chi connectivity index (χ3n) is 3.26. The molecule has 0 fully saturated rings. The summed E-state index contributed by atoms with van der Waals surface area (Å²) in [7, 11) is 3.11. The van der Waals surface area contributed by atoms with Gasteiger partial charge in [-0.15, -0.1) is 0 Å². The Hall–Kier alpha value is -2.54. The summed E-state index contributed by atoms with van der Waals surface area (Å²) in [6, 6.07) is 11.0. The molecule has 0 heterocycles. The van der Waals surface area contributed by atoms with Crippen molar-refractivity contribution >= 4 is 28.1 Å². The smallest absolute Gasteiger partial charge is 0.277 e. The summed E-state index contributed by atoms with van der Waals surface area (Å²) >= 11 is 3.42. The molecule has 1 amide bonds. The molecule has 132 valence electrons. The summed E-state index contributed by atoms with van der Waals surface area (Å²) in [5.74, 6) is 1.46. The Labute approximate surface area is 154 Å². The first-order valence-corrected chi connectivity index (χ1v) is 8.25. The van der Waals surface area contributed by atoms with Crippen LogP contribution in [-0.4, -0.2) is 32.9 Å². The summed E-state index contributed by atoms with van der Waals surface area (Å²) in [5, 5.41) is 3.93. The predicted octanol–water partition coefficient (Wildman–Crippen LogP) is 3.30. The molecule has 0 aliphatic carbocycles. The minimum atomic E-state index is -0.352. The Bertz CT molecular complexity index is 778. The monoisotopic (exact) mass is 406 g/mol. The molecular formula is C18H19BrN2O4. The summed E-state index contributed by atoms with van der Waals surface area (Å²) in [6.07, 6.45) is 1.51. The molecule has 0 bridgehead atoms. The molecule has 0 aliphatic heterocycles. The number of hydrazone groups is 1. The number of aryl methyl sites for hydroxylation is 1. The Kier molecular flexibility index (Phi) is 6.82. The van der Waals surface area contributed by atoms with Crippen molar-refractivity contribution in [2.75, 3.05) is 20.8 Å². The average Bonchev–Trinajstić information content (AvgIpc) is 2.61. The van der Waals surface area contributed by atoms with Gasteiger partial charge in [-0.2, -0.15) is 5.10 Å². The molecule has 0 unspecified atom stereocenters. The molecule has 7 heteroatoms. The molecule has 2 aromatic rings. The van der Waals surface area contributed by atoms with E-state index in [0.717, 1.165) is 15.6 Å². The maximum absolute atomic E-state index is 11.8. The lowest BCUT2D eigenvalue weighted by molar-refractivity contribution is -0.123. The van der Waals surface area contributed by atoms with Gasteiger partial charge in [0.15, 0.2) is 18.1 Å². The molecule has 0 atom stereocenters. The third-order valence-corrected chi connectivity index (χ3v) is 3.94. The minimum Gasteiger partial charge on any atom is -0.493 e. The van der Waals surface area contributed by atoms with Crippen LogP contribution in [0, 0.1) is 6.92 Å². The van der Waals surface area contributed by atoms with Crippen LogP contribution in [0.3, 0.4) is 0 Å². The molecule has 2 rings (SSSR count). The molecule has 0 saturated carbocycles. The third kappa shape index (κ3) is 5.49. The summed E-state index contributed by atoms with van der Waals surface area (Å²) in [6.45, 7) is 1.84. The molecule has 2 aromatic carbocycles. The normalized spacial score (nSPS) is 10.6. The van der Waals surface area contributed by atoms with E-state index in [9.17, 15) is 4.79 Å². The van der Waals surface area contributed by atoms with Gasteiger partial charge in [-0.3, -0.25) is 4.79 Å². The zero-order valence-electron chi connectivity index (χ0n) is 14.2. The van der Waals surface area contributed by atoms with E-state index in [-0.39, 0.29) is 12.5 Å². The van der Waals surface area contributed by atoms with Crippen LogP contribution in [0.15, 0.2) is 46.0 Å². The van der Waals surface area contributed by atoms with Crippen molar-refractivity contribution in [3.8, 4) is 17.2 Å². The minimum absolute atomic E-state index is 0.117. The quantitative estimate of drug-likeness (QED) is 0.565. The van der Waals surface area contributed by atoms with E-state index < -0.39 is 0 Å². The van der Waals surface area contributed by atoms with E-state index in [4.69, 9.17) is 14.2 Å². The molecule has 25 heavy (non-hydrogen) atoms. The standard InChI is InChI=1S/C18H19BrN2O4/c1-12-5-4-6-14(7-12)25-11-18(22)21-20-10-13-8-16(23-2)17(24-3)9-15(13)19/h4-10H,11H2,1-3H3,(H,21,22)/b20-10-. The van der Waals surface area contributed by atoms with E-state index in [0.29, 0.717) is 17.2 Å². The largest absolute Gasteiger partial charge is 0.493 e. The van der Waals surface area contributed by atoms with Crippen molar-refractivity contribution in [3.63, 3.8) is 0 Å². The van der Waals surface area contributed by atoms with E-state index >= 15 is 0 Å². The first-order valence-electron chi connectivity index (χ1n) is 7.46. The van der Waals surface area contributed by atoms with Gasteiger partial charge in [0.25, 0.3) is 5.91 Å². The highest BCUT2D eigenvalue weighted by Crippen LogP contribution is 2.32. The lowest BCUT2D eigenvalue weighted by atomic mass is 10.2. The molecule has 0 spiro atoms. The van der Waals surface area contributed by atoms with Crippen molar-refractivity contribution in [1.82, 2.24) is 5.43 Å². The van der Waals surface area contributed by atoms with Gasteiger partial charge in [0.2, 0.25) is 0 Å². The van der Waals surface area contributed by atoms with Crippen molar-refractivity contribution in [3.05, 3.63) is 52.0 Å². The molecule has 0 aromatic heterocycles. The van der Waals surface area contributed by atoms with Crippen LogP contribution < -0.4 is 19.6 Å². The number of halogens is 1. The first kappa shape index (κ1) is 18.8. The van der Waals surface area contributed by atoms with Gasteiger partial charge in [-0.05, 0) is 52.7 Å². The van der Waals surface area contributed by atoms with Gasteiger partial charge < -0.3 is 14.2 Å². The number of nitrogens with one attached hydrogen (secondary N) is 1. The predicted molar refractivity (Wildman–Crippen MR) is 99.7 cm³/mol. The van der Waals surface area contributed by atoms with E-state index in [2.05, 4.69) is 26.5 Å². The zero-order valence-corrected chi connectivity index (χ0v) is 15.8. The highest BCUT2D eigenvalue weighted by molar-refractivity contribution is 9.10. The summed E-state index contributed by atoms with van der Waals surface area (Å²) in [5.41, 5.74) is 4.22. The topological polar surface area (TPSA) is 69.2 Å². The second-order valence-electron chi connectivity index (χ2n) is 5.13. The number of hydrogen-bond acceptors (Lipinski definition) is 5. The van der Waals surface area contributed by atoms with Crippen molar-refractivity contribution in [2.24, 2.45) is 5.10 Å². The molecule has 0 radical (unpaired) electrons. The SMILES string of the molecule is COc1cc(Br)c(/C=N\NC(=O)COc2cccc(C)c2)cc1OC. The fourth-order valence-electron chi connectivity index (χ4n) is 2.03. The summed E-state index contributed by atoms with van der Waals surface area (Å²) < 4.78 is 16.6. The molecule has 0 saturated heterocycles. The molecular weight excluding hydrogens is 388 g/mol. The number of methoxy groups -OCH3 is 2. The maximum Gasteiger partial charge on any atom is 0.277 e. The Morgan fingerprint density at radius 3 is 2.60 bits per heavy atom. The van der Waals surface area contributed by atoms with Gasteiger partial charge in [0, 0.05) is 10.0 Å². The van der Waals surface area contributed by atoms with Gasteiger partial charge in [0.05, 0.1) is 20.4 Å². The fraction of sp³-hybridized carbons (Fsp3) is 0.222. The highest BCUT2D eigenvalue weighted by atomic mass is 79.9. The Balaban J connectivity index is 1.93. The van der Waals surface area contributed by atoms with Crippen LogP contribution in [-0.2, 0) is 4.79 Å². The van der Waals surface area contributed by atoms with Gasteiger partial charge in [0.1, 0.15) is 5.75 Å². The Morgan fingerprint density at radius 1 is 1.20 bits per heavy atom. The lowest BCUT2D eigenvalue weighted by Crippen LogP contribution is -2.24. The first-order chi connectivity index (χ1) is 12.0. The average molecular weight is 407 g/mol. The van der Waals surface area contributed by atoms with Crippen LogP contribution >= 0.6 is 15.9 Å². The molecule has 0 aliphatic rings. The van der Waals surface area contributed by atoms with Crippen LogP contribution in [0.1, 0.15) is 11.1 Å². The highest BCUT2D eigenvalue weighted by Gasteiger charge is 2.08. The Morgan fingerprint density at radius 2 is 1.92 bits per heavy atom. The van der Waals surface area contributed by atoms with E-state index in [1.165, 1.54) is 6.21 Å². The van der Waals surface area contributed by atoms with Crippen LogP contribution in [0.5, 0.6) is 17.2 Å². The van der Waals surface area contributed by atoms with E-state index in [1.54, 1.807) is 32.4 Å². The van der Waals surface area contributed by atoms with Crippen molar-refractivity contribution < 1.29 is 19.0 Å². The van der Waals surface area contributed by atoms with Crippen molar-refractivity contribution in [2.45, 2.75) is 6.92 Å². The number of rotatable bonds is 7. The fourth-order valence-corrected chi connectivity index (χ4v) is 2.45. The second-order valence-corrected chi connectivity index (χ2v) is 5.98. The second kappa shape index (κ2) is 9.08. The van der Waals surface area contributed by atoms with Crippen LogP contribution in [0.4, 0.5) is 0 Å². The van der Waals surface area contributed by atoms with Gasteiger partial charge in [-0.25, -0.2) is 5.43 Å². The number of hydrogen-bond donors (Lipinski definition) is 1. The maximum atomic E-state index is 11.8. The molecule has 6 nitrogen and oxygen atoms in total. The van der Waals surface area contributed by atoms with Gasteiger partial charge in [-0.1, -0.05) is 12.1 Å². The number of ether oxygens (including phenoxy) is 3. The van der Waals surface area contributed by atoms with E-state index in [1.807, 2.05) is 25.1 Å². The number of carbonyl (C=O) groups is 1. The number of nitrogens with zero attached hydrogens (tertiary/aromatic N) is 1. The number of benzene rings is 2. The summed E-state index contributed by atoms with van der Waals surface area (Å²) in [4.78, 5) is 11.8. The van der Waals surface area contributed by atoms with Crippen LogP contribution in [0.2, 0.25) is 0 Å². The van der Waals surface area contributed by atoms with Gasteiger partial charge >= 0.3 is 0 Å². The molecule has 1 N–H and O–H groups in total. The zero-order chi connectivity index (χ0) is 18.2. The number of carbonyl (C=O) groups excluding carboxylic acids is 1. The number of amides is 1.